The lowest BCUT2D eigenvalue weighted by Gasteiger charge is -2.17. The predicted octanol–water partition coefficient (Wildman–Crippen LogP) is 2.84. The average Bonchev–Trinajstić information content (AvgIpc) is 2.36. The van der Waals surface area contributed by atoms with Gasteiger partial charge in [-0.1, -0.05) is 20.8 Å². The summed E-state index contributed by atoms with van der Waals surface area (Å²) in [6, 6.07) is 1.92. The zero-order valence-corrected chi connectivity index (χ0v) is 7.96. The Hall–Kier alpha value is -0.760. The van der Waals surface area contributed by atoms with Crippen LogP contribution in [0.4, 0.5) is 0 Å². The quantitative estimate of drug-likeness (QED) is 0.692. The van der Waals surface area contributed by atoms with Crippen molar-refractivity contribution >= 4 is 0 Å². The summed E-state index contributed by atoms with van der Waals surface area (Å²) in [5.74, 6) is 0. The van der Waals surface area contributed by atoms with Crippen LogP contribution in [0.15, 0.2) is 23.0 Å². The molecule has 0 bridgehead atoms. The standard InChI is InChI=1S/C10H16O2/c1-10(2,3)8-12-7-9-4-5-11-6-9/h4-6H,7-8H2,1-3H3. The van der Waals surface area contributed by atoms with Crippen LogP contribution in [0, 0.1) is 5.41 Å². The average molecular weight is 168 g/mol. The summed E-state index contributed by atoms with van der Waals surface area (Å²) in [5, 5.41) is 0. The summed E-state index contributed by atoms with van der Waals surface area (Å²) < 4.78 is 10.4. The van der Waals surface area contributed by atoms with Crippen LogP contribution in [0.2, 0.25) is 0 Å². The molecule has 1 heterocycles. The molecule has 0 aliphatic rings. The van der Waals surface area contributed by atoms with Crippen LogP contribution in [0.5, 0.6) is 0 Å². The first-order valence-electron chi connectivity index (χ1n) is 4.17. The van der Waals surface area contributed by atoms with Crippen LogP contribution in [0.1, 0.15) is 26.3 Å². The lowest BCUT2D eigenvalue weighted by Crippen LogP contribution is -2.14. The number of hydrogen-bond acceptors (Lipinski definition) is 2. The Morgan fingerprint density at radius 3 is 2.67 bits per heavy atom. The van der Waals surface area contributed by atoms with Gasteiger partial charge in [0.05, 0.1) is 25.7 Å². The van der Waals surface area contributed by atoms with Gasteiger partial charge in [-0.3, -0.25) is 0 Å². The Labute approximate surface area is 73.5 Å². The van der Waals surface area contributed by atoms with Gasteiger partial charge in [-0.25, -0.2) is 0 Å². The molecule has 68 valence electrons. The minimum Gasteiger partial charge on any atom is -0.472 e. The van der Waals surface area contributed by atoms with E-state index >= 15 is 0 Å². The van der Waals surface area contributed by atoms with Gasteiger partial charge < -0.3 is 9.15 Å². The van der Waals surface area contributed by atoms with Crippen molar-refractivity contribution in [1.82, 2.24) is 0 Å². The van der Waals surface area contributed by atoms with E-state index in [4.69, 9.17) is 9.15 Å². The fraction of sp³-hybridized carbons (Fsp3) is 0.600. The molecule has 2 heteroatoms. The van der Waals surface area contributed by atoms with Crippen molar-refractivity contribution in [1.29, 1.82) is 0 Å². The van der Waals surface area contributed by atoms with Crippen molar-refractivity contribution in [3.8, 4) is 0 Å². The molecule has 0 fully saturated rings. The maximum Gasteiger partial charge on any atom is 0.0957 e. The molecule has 0 radical (unpaired) electrons. The van der Waals surface area contributed by atoms with Crippen molar-refractivity contribution in [2.45, 2.75) is 27.4 Å². The lowest BCUT2D eigenvalue weighted by molar-refractivity contribution is 0.0596. The van der Waals surface area contributed by atoms with Gasteiger partial charge in [-0.05, 0) is 11.5 Å². The van der Waals surface area contributed by atoms with E-state index in [1.54, 1.807) is 12.5 Å². The summed E-state index contributed by atoms with van der Waals surface area (Å²) in [4.78, 5) is 0. The summed E-state index contributed by atoms with van der Waals surface area (Å²) in [5.41, 5.74) is 1.34. The highest BCUT2D eigenvalue weighted by molar-refractivity contribution is 5.02. The van der Waals surface area contributed by atoms with E-state index in [2.05, 4.69) is 20.8 Å². The molecule has 12 heavy (non-hydrogen) atoms. The van der Waals surface area contributed by atoms with Crippen molar-refractivity contribution in [3.05, 3.63) is 24.2 Å². The van der Waals surface area contributed by atoms with Crippen LogP contribution in [-0.2, 0) is 11.3 Å². The van der Waals surface area contributed by atoms with Gasteiger partial charge >= 0.3 is 0 Å². The van der Waals surface area contributed by atoms with Gasteiger partial charge in [0.15, 0.2) is 0 Å². The van der Waals surface area contributed by atoms with Crippen LogP contribution < -0.4 is 0 Å². The van der Waals surface area contributed by atoms with Crippen LogP contribution in [0.3, 0.4) is 0 Å². The number of hydrogen-bond donors (Lipinski definition) is 0. The minimum absolute atomic E-state index is 0.240. The Kier molecular flexibility index (Phi) is 2.93. The molecule has 0 spiro atoms. The van der Waals surface area contributed by atoms with Gasteiger partial charge in [0.25, 0.3) is 0 Å². The maximum atomic E-state index is 5.48. The lowest BCUT2D eigenvalue weighted by atomic mass is 9.99. The Morgan fingerprint density at radius 1 is 1.42 bits per heavy atom. The first-order valence-corrected chi connectivity index (χ1v) is 4.17. The van der Waals surface area contributed by atoms with E-state index in [-0.39, 0.29) is 5.41 Å². The summed E-state index contributed by atoms with van der Waals surface area (Å²) >= 11 is 0. The third-order valence-electron chi connectivity index (χ3n) is 1.38. The predicted molar refractivity (Wildman–Crippen MR) is 47.8 cm³/mol. The Balaban J connectivity index is 2.20. The van der Waals surface area contributed by atoms with Crippen LogP contribution in [-0.4, -0.2) is 6.61 Å². The largest absolute Gasteiger partial charge is 0.472 e. The highest BCUT2D eigenvalue weighted by atomic mass is 16.5. The molecule has 0 atom stereocenters. The number of rotatable bonds is 3. The molecule has 1 aromatic heterocycles. The molecule has 1 aromatic rings. The highest BCUT2D eigenvalue weighted by Gasteiger charge is 2.09. The fourth-order valence-corrected chi connectivity index (χ4v) is 0.850. The second kappa shape index (κ2) is 3.76. The SMILES string of the molecule is CC(C)(C)COCc1ccoc1. The zero-order chi connectivity index (χ0) is 9.03. The van der Waals surface area contributed by atoms with E-state index in [0.29, 0.717) is 6.61 Å². The molecule has 1 rings (SSSR count). The Bertz CT molecular complexity index is 206. The van der Waals surface area contributed by atoms with E-state index in [9.17, 15) is 0 Å². The first-order chi connectivity index (χ1) is 5.58. The van der Waals surface area contributed by atoms with E-state index in [1.165, 1.54) is 0 Å². The van der Waals surface area contributed by atoms with E-state index < -0.39 is 0 Å². The molecular weight excluding hydrogens is 152 g/mol. The molecule has 0 aliphatic heterocycles. The van der Waals surface area contributed by atoms with Gasteiger partial charge in [0.1, 0.15) is 0 Å². The fourth-order valence-electron chi connectivity index (χ4n) is 0.850. The molecule has 0 saturated heterocycles. The molecule has 0 unspecified atom stereocenters. The monoisotopic (exact) mass is 168 g/mol. The van der Waals surface area contributed by atoms with Crippen molar-refractivity contribution in [2.75, 3.05) is 6.61 Å². The molecule has 2 nitrogen and oxygen atoms in total. The zero-order valence-electron chi connectivity index (χ0n) is 7.96. The van der Waals surface area contributed by atoms with Gasteiger partial charge in [-0.2, -0.15) is 0 Å². The molecule has 0 amide bonds. The van der Waals surface area contributed by atoms with Crippen molar-refractivity contribution in [2.24, 2.45) is 5.41 Å². The smallest absolute Gasteiger partial charge is 0.0957 e. The molecule has 0 aliphatic carbocycles. The van der Waals surface area contributed by atoms with Crippen LogP contribution in [0.25, 0.3) is 0 Å². The van der Waals surface area contributed by atoms with Crippen molar-refractivity contribution < 1.29 is 9.15 Å². The van der Waals surface area contributed by atoms with E-state index in [0.717, 1.165) is 12.2 Å². The first kappa shape index (κ1) is 9.33. The van der Waals surface area contributed by atoms with Crippen LogP contribution >= 0.6 is 0 Å². The summed E-state index contributed by atoms with van der Waals surface area (Å²) in [6.07, 6.45) is 3.37. The summed E-state index contributed by atoms with van der Waals surface area (Å²) in [6.45, 7) is 7.89. The van der Waals surface area contributed by atoms with Gasteiger partial charge in [0.2, 0.25) is 0 Å². The number of furan rings is 1. The third kappa shape index (κ3) is 3.58. The topological polar surface area (TPSA) is 22.4 Å². The van der Waals surface area contributed by atoms with Gasteiger partial charge in [0, 0.05) is 5.56 Å². The van der Waals surface area contributed by atoms with Gasteiger partial charge in [-0.15, -0.1) is 0 Å². The highest BCUT2D eigenvalue weighted by Crippen LogP contribution is 2.14. The van der Waals surface area contributed by atoms with E-state index in [1.807, 2.05) is 6.07 Å². The second-order valence-corrected chi connectivity index (χ2v) is 4.19. The second-order valence-electron chi connectivity index (χ2n) is 4.19. The minimum atomic E-state index is 0.240. The molecule has 0 N–H and O–H groups in total. The molecule has 0 aromatic carbocycles. The third-order valence-corrected chi connectivity index (χ3v) is 1.38. The molecule has 0 saturated carbocycles. The normalized spacial score (nSPS) is 11.9. The van der Waals surface area contributed by atoms with Crippen molar-refractivity contribution in [3.63, 3.8) is 0 Å². The molecular formula is C10H16O2. The Morgan fingerprint density at radius 2 is 2.17 bits per heavy atom. The summed E-state index contributed by atoms with van der Waals surface area (Å²) in [7, 11) is 0. The number of ether oxygens (including phenoxy) is 1. The maximum absolute atomic E-state index is 5.48.